The highest BCUT2D eigenvalue weighted by atomic mass is 79.9. The van der Waals surface area contributed by atoms with E-state index in [1.54, 1.807) is 25.3 Å². The number of aromatic nitrogens is 1. The van der Waals surface area contributed by atoms with Crippen molar-refractivity contribution in [3.8, 4) is 0 Å². The summed E-state index contributed by atoms with van der Waals surface area (Å²) < 4.78 is 28.0. The summed E-state index contributed by atoms with van der Waals surface area (Å²) in [6.07, 6.45) is 1.65. The van der Waals surface area contributed by atoms with Gasteiger partial charge in [-0.1, -0.05) is 28.1 Å². The van der Waals surface area contributed by atoms with Crippen LogP contribution in [0.5, 0.6) is 0 Å². The number of aryl methyl sites for hydroxylation is 2. The van der Waals surface area contributed by atoms with E-state index in [0.717, 1.165) is 15.7 Å². The molecular formula is C14H15BrN2O2S. The highest BCUT2D eigenvalue weighted by molar-refractivity contribution is 9.10. The summed E-state index contributed by atoms with van der Waals surface area (Å²) in [7, 11) is -3.55. The number of hydrogen-bond donors (Lipinski definition) is 1. The van der Waals surface area contributed by atoms with Crippen LogP contribution in [-0.4, -0.2) is 13.4 Å². The minimum absolute atomic E-state index is 0.182. The molecule has 0 unspecified atom stereocenters. The van der Waals surface area contributed by atoms with E-state index in [1.165, 1.54) is 0 Å². The zero-order valence-electron chi connectivity index (χ0n) is 11.2. The van der Waals surface area contributed by atoms with Gasteiger partial charge in [0.25, 0.3) is 0 Å². The van der Waals surface area contributed by atoms with E-state index in [1.807, 2.05) is 25.1 Å². The number of nitrogens with zero attached hydrogens (tertiary/aromatic N) is 1. The lowest BCUT2D eigenvalue weighted by Crippen LogP contribution is -2.24. The highest BCUT2D eigenvalue weighted by Gasteiger charge is 2.17. The second-order valence-corrected chi connectivity index (χ2v) is 7.15. The monoisotopic (exact) mass is 354 g/mol. The van der Waals surface area contributed by atoms with Crippen molar-refractivity contribution in [1.29, 1.82) is 0 Å². The lowest BCUT2D eigenvalue weighted by atomic mass is 10.2. The third-order valence-electron chi connectivity index (χ3n) is 2.99. The molecule has 0 saturated heterocycles. The number of halogens is 1. The number of hydrogen-bond acceptors (Lipinski definition) is 3. The molecule has 0 aliphatic carbocycles. The Hall–Kier alpha value is -1.24. The maximum absolute atomic E-state index is 12.3. The van der Waals surface area contributed by atoms with E-state index in [0.29, 0.717) is 5.56 Å². The van der Waals surface area contributed by atoms with Crippen LogP contribution in [0.3, 0.4) is 0 Å². The van der Waals surface area contributed by atoms with Gasteiger partial charge >= 0.3 is 0 Å². The van der Waals surface area contributed by atoms with Gasteiger partial charge in [-0.05, 0) is 43.2 Å². The van der Waals surface area contributed by atoms with Crippen LogP contribution in [0.15, 0.2) is 45.9 Å². The molecule has 1 N–H and O–H groups in total. The fourth-order valence-corrected chi connectivity index (χ4v) is 3.58. The highest BCUT2D eigenvalue weighted by Crippen LogP contribution is 2.20. The van der Waals surface area contributed by atoms with Gasteiger partial charge in [-0.15, -0.1) is 0 Å². The standard InChI is InChI=1S/C14H15BrN2O2S/c1-10-4-3-7-16-13(10)9-17-20(18,19)14-8-12(15)6-5-11(14)2/h3-8,17H,9H2,1-2H3. The average Bonchev–Trinajstić information content (AvgIpc) is 2.40. The number of benzene rings is 1. The van der Waals surface area contributed by atoms with Crippen LogP contribution in [0.2, 0.25) is 0 Å². The molecule has 6 heteroatoms. The maximum Gasteiger partial charge on any atom is 0.241 e. The van der Waals surface area contributed by atoms with Crippen molar-refractivity contribution < 1.29 is 8.42 Å². The minimum Gasteiger partial charge on any atom is -0.260 e. The molecule has 0 amide bonds. The normalized spacial score (nSPS) is 11.6. The fourth-order valence-electron chi connectivity index (χ4n) is 1.81. The fraction of sp³-hybridized carbons (Fsp3) is 0.214. The van der Waals surface area contributed by atoms with Crippen LogP contribution < -0.4 is 4.72 Å². The summed E-state index contributed by atoms with van der Waals surface area (Å²) in [5.74, 6) is 0. The minimum atomic E-state index is -3.55. The predicted molar refractivity (Wildman–Crippen MR) is 81.9 cm³/mol. The molecule has 0 spiro atoms. The van der Waals surface area contributed by atoms with Crippen LogP contribution in [0, 0.1) is 13.8 Å². The average molecular weight is 355 g/mol. The molecule has 2 rings (SSSR count). The molecule has 0 aliphatic heterocycles. The van der Waals surface area contributed by atoms with Gasteiger partial charge in [0, 0.05) is 10.7 Å². The van der Waals surface area contributed by atoms with Crippen LogP contribution in [0.25, 0.3) is 0 Å². The number of rotatable bonds is 4. The Labute approximate surface area is 127 Å². The van der Waals surface area contributed by atoms with E-state index in [9.17, 15) is 8.42 Å². The van der Waals surface area contributed by atoms with Crippen molar-refractivity contribution in [3.63, 3.8) is 0 Å². The van der Waals surface area contributed by atoms with Crippen molar-refractivity contribution in [2.45, 2.75) is 25.3 Å². The SMILES string of the molecule is Cc1ccc(Br)cc1S(=O)(=O)NCc1ncccc1C. The maximum atomic E-state index is 12.3. The first-order chi connectivity index (χ1) is 9.40. The quantitative estimate of drug-likeness (QED) is 0.917. The Morgan fingerprint density at radius 3 is 2.65 bits per heavy atom. The Bertz CT molecular complexity index is 730. The van der Waals surface area contributed by atoms with Crippen LogP contribution in [-0.2, 0) is 16.6 Å². The van der Waals surface area contributed by atoms with Crippen molar-refractivity contribution >= 4 is 26.0 Å². The van der Waals surface area contributed by atoms with Crippen molar-refractivity contribution in [2.75, 3.05) is 0 Å². The molecular weight excluding hydrogens is 340 g/mol. The Kier molecular flexibility index (Phi) is 4.57. The van der Waals surface area contributed by atoms with E-state index < -0.39 is 10.0 Å². The van der Waals surface area contributed by atoms with E-state index in [-0.39, 0.29) is 11.4 Å². The first kappa shape index (κ1) is 15.2. The number of sulfonamides is 1. The molecule has 0 saturated carbocycles. The first-order valence-corrected chi connectivity index (χ1v) is 8.34. The molecule has 1 heterocycles. The lowest BCUT2D eigenvalue weighted by molar-refractivity contribution is 0.579. The molecule has 2 aromatic rings. The molecule has 1 aromatic carbocycles. The van der Waals surface area contributed by atoms with Gasteiger partial charge in [0.1, 0.15) is 0 Å². The van der Waals surface area contributed by atoms with Gasteiger partial charge in [-0.3, -0.25) is 4.98 Å². The van der Waals surface area contributed by atoms with Gasteiger partial charge in [0.15, 0.2) is 0 Å². The van der Waals surface area contributed by atoms with Crippen molar-refractivity contribution in [1.82, 2.24) is 9.71 Å². The number of nitrogens with one attached hydrogen (secondary N) is 1. The summed E-state index contributed by atoms with van der Waals surface area (Å²) in [5.41, 5.74) is 2.39. The summed E-state index contributed by atoms with van der Waals surface area (Å²) in [6.45, 7) is 3.86. The Balaban J connectivity index is 2.24. The summed E-state index contributed by atoms with van der Waals surface area (Å²) in [6, 6.07) is 8.91. The molecule has 106 valence electrons. The summed E-state index contributed by atoms with van der Waals surface area (Å²) in [5, 5.41) is 0. The lowest BCUT2D eigenvalue weighted by Gasteiger charge is -2.10. The van der Waals surface area contributed by atoms with Gasteiger partial charge < -0.3 is 0 Å². The summed E-state index contributed by atoms with van der Waals surface area (Å²) in [4.78, 5) is 4.46. The van der Waals surface area contributed by atoms with E-state index >= 15 is 0 Å². The molecule has 20 heavy (non-hydrogen) atoms. The molecule has 0 fully saturated rings. The van der Waals surface area contributed by atoms with E-state index in [4.69, 9.17) is 0 Å². The predicted octanol–water partition coefficient (Wildman–Crippen LogP) is 2.94. The Morgan fingerprint density at radius 2 is 1.95 bits per heavy atom. The third kappa shape index (κ3) is 3.45. The van der Waals surface area contributed by atoms with Crippen LogP contribution >= 0.6 is 15.9 Å². The van der Waals surface area contributed by atoms with Gasteiger partial charge in [-0.2, -0.15) is 0 Å². The second kappa shape index (κ2) is 6.03. The molecule has 0 atom stereocenters. The van der Waals surface area contributed by atoms with Gasteiger partial charge in [-0.25, -0.2) is 13.1 Å². The zero-order chi connectivity index (χ0) is 14.8. The molecule has 4 nitrogen and oxygen atoms in total. The topological polar surface area (TPSA) is 59.1 Å². The van der Waals surface area contributed by atoms with Crippen molar-refractivity contribution in [3.05, 3.63) is 57.8 Å². The zero-order valence-corrected chi connectivity index (χ0v) is 13.6. The Morgan fingerprint density at radius 1 is 1.20 bits per heavy atom. The summed E-state index contributed by atoms with van der Waals surface area (Å²) >= 11 is 3.29. The second-order valence-electron chi connectivity index (χ2n) is 4.50. The third-order valence-corrected chi connectivity index (χ3v) is 5.02. The van der Waals surface area contributed by atoms with Crippen LogP contribution in [0.4, 0.5) is 0 Å². The first-order valence-electron chi connectivity index (χ1n) is 6.06. The molecule has 0 bridgehead atoms. The molecule has 1 aromatic heterocycles. The van der Waals surface area contributed by atoms with Crippen LogP contribution in [0.1, 0.15) is 16.8 Å². The smallest absolute Gasteiger partial charge is 0.241 e. The largest absolute Gasteiger partial charge is 0.260 e. The van der Waals surface area contributed by atoms with Crippen molar-refractivity contribution in [2.24, 2.45) is 0 Å². The molecule has 0 aliphatic rings. The number of pyridine rings is 1. The van der Waals surface area contributed by atoms with Gasteiger partial charge in [0.2, 0.25) is 10.0 Å². The van der Waals surface area contributed by atoms with Gasteiger partial charge in [0.05, 0.1) is 17.1 Å². The van der Waals surface area contributed by atoms with E-state index in [2.05, 4.69) is 25.6 Å². The molecule has 0 radical (unpaired) electrons.